The van der Waals surface area contributed by atoms with Gasteiger partial charge < -0.3 is 5.43 Å². The maximum atomic E-state index is 11.8. The van der Waals surface area contributed by atoms with E-state index in [2.05, 4.69) is 15.1 Å². The zero-order valence-electron chi connectivity index (χ0n) is 9.50. The molecule has 12 heteroatoms. The Morgan fingerprint density at radius 2 is 1.95 bits per heavy atom. The summed E-state index contributed by atoms with van der Waals surface area (Å²) < 4.78 is 47.0. The predicted octanol–water partition coefficient (Wildman–Crippen LogP) is -1.41. The van der Waals surface area contributed by atoms with Gasteiger partial charge in [-0.25, -0.2) is 37.5 Å². The molecule has 1 heterocycles. The molecule has 9 nitrogen and oxygen atoms in total. The number of rotatable bonds is 6. The average Bonchev–Trinajstić information content (AvgIpc) is 2.26. The Labute approximate surface area is 115 Å². The molecule has 0 radical (unpaired) electrons. The Balaban J connectivity index is 2.86. The highest BCUT2D eigenvalue weighted by Gasteiger charge is 2.17. The number of aromatic nitrogens is 1. The van der Waals surface area contributed by atoms with Gasteiger partial charge in [0.1, 0.15) is 4.90 Å². The Hall–Kier alpha value is -0.980. The number of hydrogen-bond donors (Lipinski definition) is 4. The molecule has 0 saturated heterocycles. The number of nitrogens with two attached hydrogens (primary N) is 2. The van der Waals surface area contributed by atoms with Crippen molar-refractivity contribution in [1.82, 2.24) is 9.71 Å². The van der Waals surface area contributed by atoms with Gasteiger partial charge >= 0.3 is 0 Å². The van der Waals surface area contributed by atoms with Crippen LogP contribution in [-0.2, 0) is 20.0 Å². The van der Waals surface area contributed by atoms with Crippen LogP contribution in [0.3, 0.4) is 0 Å². The van der Waals surface area contributed by atoms with Crippen LogP contribution in [0.15, 0.2) is 17.2 Å². The van der Waals surface area contributed by atoms with Gasteiger partial charge in [0, 0.05) is 12.7 Å². The predicted molar refractivity (Wildman–Crippen MR) is 70.2 cm³/mol. The molecule has 0 aliphatic carbocycles. The fraction of sp³-hybridized carbons (Fsp3) is 0.286. The van der Waals surface area contributed by atoms with Crippen molar-refractivity contribution in [2.75, 3.05) is 17.7 Å². The minimum absolute atomic E-state index is 0.0109. The summed E-state index contributed by atoms with van der Waals surface area (Å²) in [5, 5.41) is 4.76. The van der Waals surface area contributed by atoms with Gasteiger partial charge in [-0.2, -0.15) is 0 Å². The number of hydrogen-bond acceptors (Lipinski definition) is 7. The van der Waals surface area contributed by atoms with Crippen LogP contribution in [0.4, 0.5) is 5.82 Å². The van der Waals surface area contributed by atoms with E-state index in [4.69, 9.17) is 22.6 Å². The van der Waals surface area contributed by atoms with Crippen molar-refractivity contribution < 1.29 is 16.8 Å². The molecule has 108 valence electrons. The lowest BCUT2D eigenvalue weighted by molar-refractivity contribution is 0.581. The topological polar surface area (TPSA) is 157 Å². The SMILES string of the molecule is NNc1ncc(S(=O)(=O)NCCS(N)(=O)=O)cc1Cl. The van der Waals surface area contributed by atoms with Gasteiger partial charge in [0.2, 0.25) is 20.0 Å². The third-order valence-corrected chi connectivity index (χ3v) is 4.43. The van der Waals surface area contributed by atoms with E-state index in [0.29, 0.717) is 0 Å². The monoisotopic (exact) mass is 329 g/mol. The summed E-state index contributed by atoms with van der Waals surface area (Å²) in [4.78, 5) is 3.47. The number of nitrogen functional groups attached to an aromatic ring is 1. The van der Waals surface area contributed by atoms with Crippen LogP contribution in [-0.4, -0.2) is 34.1 Å². The number of anilines is 1. The number of nitrogens with zero attached hydrogens (tertiary/aromatic N) is 1. The molecular weight excluding hydrogens is 318 g/mol. The van der Waals surface area contributed by atoms with Crippen LogP contribution in [0, 0.1) is 0 Å². The van der Waals surface area contributed by atoms with Crippen LogP contribution in [0.2, 0.25) is 5.02 Å². The molecule has 0 unspecified atom stereocenters. The molecule has 0 bridgehead atoms. The van der Waals surface area contributed by atoms with Gasteiger partial charge in [0.25, 0.3) is 0 Å². The number of pyridine rings is 1. The summed E-state index contributed by atoms with van der Waals surface area (Å²) in [7, 11) is -7.66. The molecule has 0 fully saturated rings. The van der Waals surface area contributed by atoms with E-state index in [-0.39, 0.29) is 22.3 Å². The maximum Gasteiger partial charge on any atom is 0.242 e. The smallest absolute Gasteiger partial charge is 0.242 e. The van der Waals surface area contributed by atoms with E-state index >= 15 is 0 Å². The first-order valence-electron chi connectivity index (χ1n) is 4.78. The van der Waals surface area contributed by atoms with E-state index < -0.39 is 25.8 Å². The molecule has 0 spiro atoms. The third kappa shape index (κ3) is 4.89. The molecule has 0 aliphatic heterocycles. The van der Waals surface area contributed by atoms with Crippen LogP contribution >= 0.6 is 11.6 Å². The maximum absolute atomic E-state index is 11.8. The molecule has 1 rings (SSSR count). The second-order valence-electron chi connectivity index (χ2n) is 3.41. The van der Waals surface area contributed by atoms with E-state index in [9.17, 15) is 16.8 Å². The number of primary sulfonamides is 1. The lowest BCUT2D eigenvalue weighted by Gasteiger charge is -2.07. The summed E-state index contributed by atoms with van der Waals surface area (Å²) >= 11 is 5.73. The van der Waals surface area contributed by atoms with Gasteiger partial charge in [0.05, 0.1) is 10.8 Å². The van der Waals surface area contributed by atoms with Crippen LogP contribution in [0.25, 0.3) is 0 Å². The first kappa shape index (κ1) is 16.1. The minimum atomic E-state index is -3.92. The summed E-state index contributed by atoms with van der Waals surface area (Å²) in [6.45, 7) is -0.352. The zero-order valence-corrected chi connectivity index (χ0v) is 11.9. The Morgan fingerprint density at radius 1 is 1.32 bits per heavy atom. The highest BCUT2D eigenvalue weighted by atomic mass is 35.5. The molecule has 0 amide bonds. The molecule has 1 aromatic heterocycles. The summed E-state index contributed by atoms with van der Waals surface area (Å²) in [6.07, 6.45) is 1.03. The Kier molecular flexibility index (Phi) is 5.06. The van der Waals surface area contributed by atoms with Crippen LogP contribution < -0.4 is 21.1 Å². The lowest BCUT2D eigenvalue weighted by Crippen LogP contribution is -2.31. The fourth-order valence-corrected chi connectivity index (χ4v) is 2.88. The molecular formula is C7H12ClN5O4S2. The standard InChI is InChI=1S/C7H12ClN5O4S2/c8-6-3-5(4-11-7(6)13-9)19(16,17)12-1-2-18(10,14)15/h3-4,12H,1-2,9H2,(H,11,13)(H2,10,14,15). The van der Waals surface area contributed by atoms with Gasteiger partial charge in [-0.1, -0.05) is 11.6 Å². The summed E-state index contributed by atoms with van der Waals surface area (Å²) in [5.74, 6) is 4.69. The van der Waals surface area contributed by atoms with Crippen molar-refractivity contribution in [1.29, 1.82) is 0 Å². The molecule has 0 saturated carbocycles. The van der Waals surface area contributed by atoms with Crippen LogP contribution in [0.5, 0.6) is 0 Å². The van der Waals surface area contributed by atoms with E-state index in [0.717, 1.165) is 12.3 Å². The molecule has 6 N–H and O–H groups in total. The fourth-order valence-electron chi connectivity index (χ4n) is 1.08. The number of nitrogens with one attached hydrogen (secondary N) is 2. The third-order valence-electron chi connectivity index (χ3n) is 1.94. The first-order valence-corrected chi connectivity index (χ1v) is 8.35. The van der Waals surface area contributed by atoms with Crippen molar-refractivity contribution >= 4 is 37.5 Å². The number of hydrazine groups is 1. The molecule has 0 aromatic carbocycles. The quantitative estimate of drug-likeness (QED) is 0.368. The van der Waals surface area contributed by atoms with Crippen molar-refractivity contribution in [2.45, 2.75) is 4.90 Å². The molecule has 0 atom stereocenters. The van der Waals surface area contributed by atoms with Crippen molar-refractivity contribution in [3.63, 3.8) is 0 Å². The highest BCUT2D eigenvalue weighted by molar-refractivity contribution is 7.90. The first-order chi connectivity index (χ1) is 8.65. The van der Waals surface area contributed by atoms with E-state index in [1.54, 1.807) is 0 Å². The molecule has 0 aliphatic rings. The molecule has 19 heavy (non-hydrogen) atoms. The largest absolute Gasteiger partial charge is 0.307 e. The average molecular weight is 330 g/mol. The van der Waals surface area contributed by atoms with Crippen LogP contribution in [0.1, 0.15) is 0 Å². The second-order valence-corrected chi connectivity index (χ2v) is 7.32. The number of sulfonamides is 2. The Morgan fingerprint density at radius 3 is 2.42 bits per heavy atom. The number of halogens is 1. The zero-order chi connectivity index (χ0) is 14.7. The molecule has 1 aromatic rings. The second kappa shape index (κ2) is 5.98. The highest BCUT2D eigenvalue weighted by Crippen LogP contribution is 2.21. The van der Waals surface area contributed by atoms with E-state index in [1.807, 2.05) is 0 Å². The summed E-state index contributed by atoms with van der Waals surface area (Å²) in [6, 6.07) is 1.13. The minimum Gasteiger partial charge on any atom is -0.307 e. The van der Waals surface area contributed by atoms with E-state index in [1.165, 1.54) is 0 Å². The van der Waals surface area contributed by atoms with Crippen molar-refractivity contribution in [2.24, 2.45) is 11.0 Å². The Bertz CT molecular complexity index is 660. The normalized spacial score (nSPS) is 12.4. The van der Waals surface area contributed by atoms with Crippen molar-refractivity contribution in [3.8, 4) is 0 Å². The van der Waals surface area contributed by atoms with Crippen molar-refractivity contribution in [3.05, 3.63) is 17.3 Å². The van der Waals surface area contributed by atoms with Gasteiger partial charge in [-0.05, 0) is 6.07 Å². The van der Waals surface area contributed by atoms with Gasteiger partial charge in [-0.15, -0.1) is 0 Å². The van der Waals surface area contributed by atoms with Gasteiger partial charge in [-0.3, -0.25) is 0 Å². The lowest BCUT2D eigenvalue weighted by atomic mass is 10.5. The van der Waals surface area contributed by atoms with Gasteiger partial charge in [0.15, 0.2) is 5.82 Å². The summed E-state index contributed by atoms with van der Waals surface area (Å²) in [5.41, 5.74) is 2.18.